The van der Waals surface area contributed by atoms with Crippen molar-refractivity contribution in [3.8, 4) is 0 Å². The Morgan fingerprint density at radius 2 is 1.92 bits per heavy atom. The molecule has 1 aliphatic carbocycles. The third-order valence-electron chi connectivity index (χ3n) is 5.37. The lowest BCUT2D eigenvalue weighted by Gasteiger charge is -2.26. The minimum atomic E-state index is 0.626. The summed E-state index contributed by atoms with van der Waals surface area (Å²) in [5.74, 6) is 0.865. The molecule has 0 N–H and O–H groups in total. The van der Waals surface area contributed by atoms with Crippen molar-refractivity contribution in [2.75, 3.05) is 0 Å². The van der Waals surface area contributed by atoms with Gasteiger partial charge in [0, 0.05) is 29.9 Å². The second kappa shape index (κ2) is 6.87. The molecule has 1 saturated carbocycles. The van der Waals surface area contributed by atoms with E-state index in [-0.39, 0.29) is 0 Å². The number of imidazole rings is 2. The summed E-state index contributed by atoms with van der Waals surface area (Å²) >= 11 is 1.83. The molecule has 25 heavy (non-hydrogen) atoms. The van der Waals surface area contributed by atoms with Crippen LogP contribution in [-0.4, -0.2) is 18.9 Å². The van der Waals surface area contributed by atoms with Crippen molar-refractivity contribution in [3.63, 3.8) is 0 Å². The van der Waals surface area contributed by atoms with E-state index >= 15 is 0 Å². The highest BCUT2D eigenvalue weighted by Gasteiger charge is 2.22. The van der Waals surface area contributed by atoms with E-state index in [0.717, 1.165) is 22.3 Å². The van der Waals surface area contributed by atoms with Crippen LogP contribution in [0.1, 0.15) is 60.8 Å². The van der Waals surface area contributed by atoms with E-state index in [0.29, 0.717) is 6.04 Å². The Morgan fingerprint density at radius 3 is 2.68 bits per heavy atom. The Kier molecular flexibility index (Phi) is 4.59. The molecule has 0 spiro atoms. The van der Waals surface area contributed by atoms with Crippen LogP contribution in [0.2, 0.25) is 0 Å². The summed E-state index contributed by atoms with van der Waals surface area (Å²) in [6.07, 6.45) is 10.9. The molecule has 0 bridgehead atoms. The number of aromatic nitrogens is 4. The topological polar surface area (TPSA) is 35.1 Å². The van der Waals surface area contributed by atoms with Gasteiger partial charge in [0.15, 0.2) is 5.16 Å². The van der Waals surface area contributed by atoms with Gasteiger partial charge < -0.3 is 8.97 Å². The van der Waals surface area contributed by atoms with Gasteiger partial charge in [-0.2, -0.15) is 0 Å². The maximum Gasteiger partial charge on any atom is 0.169 e. The summed E-state index contributed by atoms with van der Waals surface area (Å²) in [6.45, 7) is 6.46. The number of fused-ring (bicyclic) bond motifs is 1. The van der Waals surface area contributed by atoms with Crippen LogP contribution in [0.3, 0.4) is 0 Å². The first kappa shape index (κ1) is 16.7. The molecule has 4 nitrogen and oxygen atoms in total. The molecule has 3 aromatic heterocycles. The Bertz CT molecular complexity index is 887. The molecule has 0 unspecified atom stereocenters. The maximum atomic E-state index is 4.86. The zero-order chi connectivity index (χ0) is 17.4. The van der Waals surface area contributed by atoms with E-state index in [1.54, 1.807) is 0 Å². The lowest BCUT2D eigenvalue weighted by atomic mass is 9.95. The van der Waals surface area contributed by atoms with Crippen LogP contribution in [0.4, 0.5) is 0 Å². The van der Waals surface area contributed by atoms with Gasteiger partial charge in [-0.3, -0.25) is 0 Å². The minimum Gasteiger partial charge on any atom is -0.320 e. The number of thioether (sulfide) groups is 1. The zero-order valence-corrected chi connectivity index (χ0v) is 16.1. The predicted octanol–water partition coefficient (Wildman–Crippen LogP) is 5.25. The zero-order valence-electron chi connectivity index (χ0n) is 15.3. The second-order valence-electron chi connectivity index (χ2n) is 7.17. The van der Waals surface area contributed by atoms with Crippen LogP contribution in [0.15, 0.2) is 29.7 Å². The quantitative estimate of drug-likeness (QED) is 0.600. The molecule has 0 aliphatic heterocycles. The molecule has 3 heterocycles. The van der Waals surface area contributed by atoms with Crippen molar-refractivity contribution < 1.29 is 0 Å². The number of nitrogens with zero attached hydrogens (tertiary/aromatic N) is 4. The van der Waals surface area contributed by atoms with Crippen LogP contribution in [0.5, 0.6) is 0 Å². The fourth-order valence-corrected chi connectivity index (χ4v) is 4.92. The molecular weight excluding hydrogens is 328 g/mol. The lowest BCUT2D eigenvalue weighted by molar-refractivity contribution is 0.332. The highest BCUT2D eigenvalue weighted by Crippen LogP contribution is 2.35. The van der Waals surface area contributed by atoms with Gasteiger partial charge in [0.05, 0.1) is 11.4 Å². The smallest absolute Gasteiger partial charge is 0.169 e. The number of hydrogen-bond acceptors (Lipinski definition) is 3. The van der Waals surface area contributed by atoms with Crippen LogP contribution in [-0.2, 0) is 5.75 Å². The van der Waals surface area contributed by atoms with E-state index in [1.165, 1.54) is 49.1 Å². The summed E-state index contributed by atoms with van der Waals surface area (Å²) in [7, 11) is 0. The van der Waals surface area contributed by atoms with E-state index in [9.17, 15) is 0 Å². The molecule has 4 rings (SSSR count). The minimum absolute atomic E-state index is 0.626. The van der Waals surface area contributed by atoms with E-state index in [2.05, 4.69) is 54.3 Å². The summed E-state index contributed by atoms with van der Waals surface area (Å²) in [6, 6.07) is 4.81. The fourth-order valence-electron chi connectivity index (χ4n) is 3.88. The average Bonchev–Trinajstić information content (AvgIpc) is 3.16. The molecule has 1 aliphatic rings. The van der Waals surface area contributed by atoms with Gasteiger partial charge in [-0.25, -0.2) is 9.97 Å². The summed E-state index contributed by atoms with van der Waals surface area (Å²) in [5, 5.41) is 1.16. The highest BCUT2D eigenvalue weighted by molar-refractivity contribution is 7.98. The van der Waals surface area contributed by atoms with Crippen LogP contribution >= 0.6 is 11.8 Å². The van der Waals surface area contributed by atoms with Gasteiger partial charge in [0.1, 0.15) is 5.65 Å². The second-order valence-corrected chi connectivity index (χ2v) is 8.11. The molecule has 0 amide bonds. The normalized spacial score (nSPS) is 16.0. The van der Waals surface area contributed by atoms with Gasteiger partial charge in [-0.05, 0) is 45.2 Å². The van der Waals surface area contributed by atoms with Crippen molar-refractivity contribution in [2.45, 2.75) is 69.8 Å². The van der Waals surface area contributed by atoms with Crippen molar-refractivity contribution in [3.05, 3.63) is 47.2 Å². The summed E-state index contributed by atoms with van der Waals surface area (Å²) in [5.41, 5.74) is 5.89. The maximum absolute atomic E-state index is 4.86. The van der Waals surface area contributed by atoms with Crippen LogP contribution in [0, 0.1) is 20.8 Å². The Morgan fingerprint density at radius 1 is 1.12 bits per heavy atom. The first-order chi connectivity index (χ1) is 12.1. The van der Waals surface area contributed by atoms with Gasteiger partial charge in [0.2, 0.25) is 0 Å². The Balaban J connectivity index is 1.57. The van der Waals surface area contributed by atoms with E-state index < -0.39 is 0 Å². The molecule has 1 fully saturated rings. The molecule has 0 aromatic carbocycles. The molecule has 3 aromatic rings. The van der Waals surface area contributed by atoms with Crippen molar-refractivity contribution in [1.29, 1.82) is 0 Å². The number of aryl methyl sites for hydroxylation is 2. The lowest BCUT2D eigenvalue weighted by Crippen LogP contribution is -2.15. The van der Waals surface area contributed by atoms with E-state index in [1.807, 2.05) is 11.8 Å². The molecule has 132 valence electrons. The van der Waals surface area contributed by atoms with E-state index in [4.69, 9.17) is 9.97 Å². The predicted molar refractivity (Wildman–Crippen MR) is 103 cm³/mol. The monoisotopic (exact) mass is 354 g/mol. The molecule has 0 radical (unpaired) electrons. The standard InChI is InChI=1S/C20H26N4S/c1-14-8-7-11-23-12-17(22-19(14)23)13-25-20-21-15(2)16(3)24(20)18-9-5-4-6-10-18/h7-8,11-12,18H,4-6,9-10,13H2,1-3H3. The third-order valence-corrected chi connectivity index (χ3v) is 6.36. The van der Waals surface area contributed by atoms with Crippen LogP contribution in [0.25, 0.3) is 5.65 Å². The molecule has 0 atom stereocenters. The SMILES string of the molecule is Cc1nc(SCc2cn3cccc(C)c3n2)n(C2CCCCC2)c1C. The van der Waals surface area contributed by atoms with Crippen molar-refractivity contribution in [2.24, 2.45) is 0 Å². The van der Waals surface area contributed by atoms with Gasteiger partial charge >= 0.3 is 0 Å². The number of rotatable bonds is 4. The largest absolute Gasteiger partial charge is 0.320 e. The van der Waals surface area contributed by atoms with Crippen molar-refractivity contribution >= 4 is 17.4 Å². The van der Waals surface area contributed by atoms with Gasteiger partial charge in [0.25, 0.3) is 0 Å². The molecular formula is C20H26N4S. The molecule has 0 saturated heterocycles. The summed E-state index contributed by atoms with van der Waals surface area (Å²) in [4.78, 5) is 9.67. The van der Waals surface area contributed by atoms with Gasteiger partial charge in [-0.15, -0.1) is 0 Å². The first-order valence-corrected chi connectivity index (χ1v) is 10.2. The number of pyridine rings is 1. The number of hydrogen-bond donors (Lipinski definition) is 0. The van der Waals surface area contributed by atoms with Crippen molar-refractivity contribution in [1.82, 2.24) is 18.9 Å². The van der Waals surface area contributed by atoms with Crippen LogP contribution < -0.4 is 0 Å². The molecule has 5 heteroatoms. The Labute approximate surface area is 153 Å². The Hall–Kier alpha value is -1.75. The first-order valence-electron chi connectivity index (χ1n) is 9.25. The highest BCUT2D eigenvalue weighted by atomic mass is 32.2. The summed E-state index contributed by atoms with van der Waals surface area (Å²) < 4.78 is 4.62. The average molecular weight is 355 g/mol. The van der Waals surface area contributed by atoms with Gasteiger partial charge in [-0.1, -0.05) is 37.1 Å². The third kappa shape index (κ3) is 3.22. The fraction of sp³-hybridized carbons (Fsp3) is 0.500.